The van der Waals surface area contributed by atoms with Gasteiger partial charge < -0.3 is 24.8 Å². The number of rotatable bonds is 7. The molecule has 3 aromatic carbocycles. The molecule has 0 bridgehead atoms. The molecule has 6 nitrogen and oxygen atoms in total. The summed E-state index contributed by atoms with van der Waals surface area (Å²) < 4.78 is 30.4. The number of carbonyl (C=O) groups excluding carboxylic acids is 1. The van der Waals surface area contributed by atoms with Crippen molar-refractivity contribution in [3.05, 3.63) is 77.6 Å². The van der Waals surface area contributed by atoms with E-state index in [1.54, 1.807) is 32.4 Å². The van der Waals surface area contributed by atoms with Crippen LogP contribution in [0.4, 0.5) is 10.1 Å². The van der Waals surface area contributed by atoms with Crippen LogP contribution in [0.15, 0.2) is 60.7 Å². The van der Waals surface area contributed by atoms with Crippen molar-refractivity contribution < 1.29 is 23.4 Å². The molecule has 1 amide bonds. The van der Waals surface area contributed by atoms with Gasteiger partial charge in [0, 0.05) is 36.3 Å². The second-order valence-corrected chi connectivity index (χ2v) is 8.19. The Morgan fingerprint density at radius 2 is 1.82 bits per heavy atom. The third kappa shape index (κ3) is 5.09. The molecule has 0 unspecified atom stereocenters. The summed E-state index contributed by atoms with van der Waals surface area (Å²) in [6.07, 6.45) is 1.00. The Kier molecular flexibility index (Phi) is 6.51. The number of carbonyl (C=O) groups is 1. The van der Waals surface area contributed by atoms with Crippen molar-refractivity contribution in [2.75, 3.05) is 26.1 Å². The smallest absolute Gasteiger partial charge is 0.226 e. The van der Waals surface area contributed by atoms with Crippen molar-refractivity contribution in [3.63, 3.8) is 0 Å². The van der Waals surface area contributed by atoms with Gasteiger partial charge in [0.05, 0.1) is 14.2 Å². The summed E-state index contributed by atoms with van der Waals surface area (Å²) in [6.45, 7) is 2.72. The van der Waals surface area contributed by atoms with E-state index in [0.717, 1.165) is 24.1 Å². The average Bonchev–Trinajstić information content (AvgIpc) is 2.79. The molecule has 2 N–H and O–H groups in total. The minimum absolute atomic E-state index is 0.130. The SMILES string of the molecule is COc1cccc(NC(=O)C[C@@]2(C)NCCc3cc(OC)c(Oc4cccc(F)c4)cc32)c1. The highest BCUT2D eigenvalue weighted by molar-refractivity contribution is 5.92. The summed E-state index contributed by atoms with van der Waals surface area (Å²) in [4.78, 5) is 12.9. The lowest BCUT2D eigenvalue weighted by Crippen LogP contribution is -2.47. The van der Waals surface area contributed by atoms with Crippen LogP contribution in [0.1, 0.15) is 24.5 Å². The highest BCUT2D eigenvalue weighted by Crippen LogP contribution is 2.41. The van der Waals surface area contributed by atoms with E-state index in [-0.39, 0.29) is 18.1 Å². The molecule has 0 aliphatic carbocycles. The molecule has 1 aliphatic heterocycles. The van der Waals surface area contributed by atoms with Crippen LogP contribution in [0.2, 0.25) is 0 Å². The summed E-state index contributed by atoms with van der Waals surface area (Å²) >= 11 is 0. The number of benzene rings is 3. The van der Waals surface area contributed by atoms with Crippen molar-refractivity contribution in [1.82, 2.24) is 5.32 Å². The molecule has 3 aromatic rings. The van der Waals surface area contributed by atoms with Gasteiger partial charge in [-0.1, -0.05) is 12.1 Å². The Hall–Kier alpha value is -3.58. The van der Waals surface area contributed by atoms with Crippen molar-refractivity contribution >= 4 is 11.6 Å². The first-order chi connectivity index (χ1) is 15.9. The maximum absolute atomic E-state index is 13.6. The van der Waals surface area contributed by atoms with E-state index in [2.05, 4.69) is 10.6 Å². The maximum Gasteiger partial charge on any atom is 0.226 e. The molecule has 0 saturated carbocycles. The van der Waals surface area contributed by atoms with Gasteiger partial charge in [0.1, 0.15) is 17.3 Å². The Balaban J connectivity index is 1.61. The monoisotopic (exact) mass is 450 g/mol. The van der Waals surface area contributed by atoms with Crippen molar-refractivity contribution in [2.24, 2.45) is 0 Å². The van der Waals surface area contributed by atoms with Gasteiger partial charge in [-0.05, 0) is 60.9 Å². The summed E-state index contributed by atoms with van der Waals surface area (Å²) in [6, 6.07) is 17.0. The first-order valence-electron chi connectivity index (χ1n) is 10.7. The van der Waals surface area contributed by atoms with Gasteiger partial charge in [0.25, 0.3) is 0 Å². The molecule has 1 aliphatic rings. The fourth-order valence-corrected chi connectivity index (χ4v) is 4.17. The molecule has 0 spiro atoms. The van der Waals surface area contributed by atoms with Crippen LogP contribution < -0.4 is 24.8 Å². The van der Waals surface area contributed by atoms with E-state index in [0.29, 0.717) is 28.7 Å². The quantitative estimate of drug-likeness (QED) is 0.529. The molecular weight excluding hydrogens is 423 g/mol. The molecule has 0 aromatic heterocycles. The predicted octanol–water partition coefficient (Wildman–Crippen LogP) is 5.02. The zero-order valence-corrected chi connectivity index (χ0v) is 18.9. The van der Waals surface area contributed by atoms with Crippen molar-refractivity contribution in [2.45, 2.75) is 25.3 Å². The number of hydrogen-bond acceptors (Lipinski definition) is 5. The van der Waals surface area contributed by atoms with Crippen LogP contribution >= 0.6 is 0 Å². The third-order valence-corrected chi connectivity index (χ3v) is 5.78. The molecule has 7 heteroatoms. The lowest BCUT2D eigenvalue weighted by Gasteiger charge is -2.37. The average molecular weight is 451 g/mol. The zero-order valence-electron chi connectivity index (χ0n) is 18.9. The number of fused-ring (bicyclic) bond motifs is 1. The molecule has 33 heavy (non-hydrogen) atoms. The largest absolute Gasteiger partial charge is 0.497 e. The molecule has 4 rings (SSSR count). The van der Waals surface area contributed by atoms with Gasteiger partial charge in [-0.2, -0.15) is 0 Å². The molecule has 0 fully saturated rings. The van der Waals surface area contributed by atoms with E-state index in [9.17, 15) is 9.18 Å². The second kappa shape index (κ2) is 9.50. The maximum atomic E-state index is 13.6. The Bertz CT molecular complexity index is 1170. The van der Waals surface area contributed by atoms with Gasteiger partial charge in [-0.15, -0.1) is 0 Å². The Morgan fingerprint density at radius 1 is 1.03 bits per heavy atom. The number of nitrogens with one attached hydrogen (secondary N) is 2. The minimum Gasteiger partial charge on any atom is -0.497 e. The topological polar surface area (TPSA) is 68.8 Å². The number of hydrogen-bond donors (Lipinski definition) is 2. The summed E-state index contributed by atoms with van der Waals surface area (Å²) in [7, 11) is 3.16. The van der Waals surface area contributed by atoms with Crippen molar-refractivity contribution in [3.8, 4) is 23.0 Å². The number of amides is 1. The number of methoxy groups -OCH3 is 2. The lowest BCUT2D eigenvalue weighted by molar-refractivity contribution is -0.117. The van der Waals surface area contributed by atoms with Crippen LogP contribution in [0, 0.1) is 5.82 Å². The zero-order chi connectivity index (χ0) is 23.4. The predicted molar refractivity (Wildman–Crippen MR) is 125 cm³/mol. The lowest BCUT2D eigenvalue weighted by atomic mass is 9.81. The second-order valence-electron chi connectivity index (χ2n) is 8.19. The number of anilines is 1. The number of ether oxygens (including phenoxy) is 3. The van der Waals surface area contributed by atoms with Crippen LogP contribution in [0.3, 0.4) is 0 Å². The highest BCUT2D eigenvalue weighted by atomic mass is 19.1. The molecule has 172 valence electrons. The van der Waals surface area contributed by atoms with E-state index < -0.39 is 5.54 Å². The van der Waals surface area contributed by atoms with Crippen LogP contribution in [-0.4, -0.2) is 26.7 Å². The number of halogens is 1. The van der Waals surface area contributed by atoms with E-state index in [1.165, 1.54) is 12.1 Å². The molecule has 0 saturated heterocycles. The first kappa shape index (κ1) is 22.6. The highest BCUT2D eigenvalue weighted by Gasteiger charge is 2.35. The molecule has 0 radical (unpaired) electrons. The van der Waals surface area contributed by atoms with Crippen LogP contribution in [-0.2, 0) is 16.8 Å². The fraction of sp³-hybridized carbons (Fsp3) is 0.269. The normalized spacial score (nSPS) is 17.1. The van der Waals surface area contributed by atoms with E-state index >= 15 is 0 Å². The van der Waals surface area contributed by atoms with E-state index in [4.69, 9.17) is 14.2 Å². The summed E-state index contributed by atoms with van der Waals surface area (Å²) in [5.41, 5.74) is 2.07. The molecule has 1 heterocycles. The molecular formula is C26H27FN2O4. The van der Waals surface area contributed by atoms with Gasteiger partial charge in [0.15, 0.2) is 11.5 Å². The van der Waals surface area contributed by atoms with Crippen LogP contribution in [0.5, 0.6) is 23.0 Å². The minimum atomic E-state index is -0.622. The summed E-state index contributed by atoms with van der Waals surface area (Å²) in [5, 5.41) is 6.43. The Morgan fingerprint density at radius 3 is 2.58 bits per heavy atom. The first-order valence-corrected chi connectivity index (χ1v) is 10.7. The Labute approximate surface area is 192 Å². The standard InChI is InChI=1S/C26H27FN2O4/c1-26(16-25(30)29-19-7-5-8-20(14-19)31-2)22-15-24(33-21-9-4-6-18(27)13-21)23(32-3)12-17(22)10-11-28-26/h4-9,12-15,28H,10-11,16H2,1-3H3,(H,29,30)/t26-/m1/s1. The van der Waals surface area contributed by atoms with Gasteiger partial charge in [0.2, 0.25) is 5.91 Å². The van der Waals surface area contributed by atoms with Gasteiger partial charge in [-0.25, -0.2) is 4.39 Å². The van der Waals surface area contributed by atoms with Gasteiger partial charge >= 0.3 is 0 Å². The third-order valence-electron chi connectivity index (χ3n) is 5.78. The fourth-order valence-electron chi connectivity index (χ4n) is 4.17. The van der Waals surface area contributed by atoms with E-state index in [1.807, 2.05) is 37.3 Å². The summed E-state index contributed by atoms with van der Waals surface area (Å²) in [5.74, 6) is 1.55. The molecule has 1 atom stereocenters. The van der Waals surface area contributed by atoms with Crippen molar-refractivity contribution in [1.29, 1.82) is 0 Å². The van der Waals surface area contributed by atoms with Crippen LogP contribution in [0.25, 0.3) is 0 Å². The van der Waals surface area contributed by atoms with Gasteiger partial charge in [-0.3, -0.25) is 4.79 Å².